The molecule has 2 amide bonds. The maximum absolute atomic E-state index is 12.2. The highest BCUT2D eigenvalue weighted by Gasteiger charge is 2.35. The lowest BCUT2D eigenvalue weighted by Crippen LogP contribution is -2.60. The van der Waals surface area contributed by atoms with Crippen molar-refractivity contribution in [2.75, 3.05) is 25.0 Å². The fourth-order valence-corrected chi connectivity index (χ4v) is 3.44. The van der Waals surface area contributed by atoms with E-state index in [0.29, 0.717) is 31.0 Å². The summed E-state index contributed by atoms with van der Waals surface area (Å²) in [6.07, 6.45) is 4.92. The first kappa shape index (κ1) is 18.4. The number of anilines is 1. The minimum atomic E-state index is -0.260. The van der Waals surface area contributed by atoms with Gasteiger partial charge in [0.2, 0.25) is 11.8 Å². The molecular weight excluding hydrogens is 346 g/mol. The first-order chi connectivity index (χ1) is 13.0. The van der Waals surface area contributed by atoms with Gasteiger partial charge in [0.1, 0.15) is 24.2 Å². The van der Waals surface area contributed by atoms with Crippen LogP contribution in [0.15, 0.2) is 31.2 Å². The molecule has 2 N–H and O–H groups in total. The SMILES string of the molecule is C=CC(=O)NC1CCN(C(=O)CC#N)CC1N(C)c1ncnc2[nH]ccc12. The van der Waals surface area contributed by atoms with Crippen molar-refractivity contribution in [3.05, 3.63) is 31.2 Å². The Morgan fingerprint density at radius 2 is 2.37 bits per heavy atom. The zero-order valence-electron chi connectivity index (χ0n) is 15.1. The predicted octanol–water partition coefficient (Wildman–Crippen LogP) is 0.579. The average molecular weight is 367 g/mol. The number of H-pyrrole nitrogens is 1. The zero-order chi connectivity index (χ0) is 19.4. The number of fused-ring (bicyclic) bond motifs is 1. The summed E-state index contributed by atoms with van der Waals surface area (Å²) >= 11 is 0. The molecule has 27 heavy (non-hydrogen) atoms. The van der Waals surface area contributed by atoms with E-state index in [4.69, 9.17) is 5.26 Å². The van der Waals surface area contributed by atoms with Gasteiger partial charge < -0.3 is 20.1 Å². The van der Waals surface area contributed by atoms with Gasteiger partial charge in [-0.05, 0) is 18.6 Å². The quantitative estimate of drug-likeness (QED) is 0.747. The van der Waals surface area contributed by atoms with Crippen molar-refractivity contribution < 1.29 is 9.59 Å². The molecule has 140 valence electrons. The van der Waals surface area contributed by atoms with Gasteiger partial charge in [0, 0.05) is 26.3 Å². The van der Waals surface area contributed by atoms with Crippen molar-refractivity contribution in [1.29, 1.82) is 5.26 Å². The van der Waals surface area contributed by atoms with Crippen molar-refractivity contribution in [3.63, 3.8) is 0 Å². The molecule has 0 aromatic carbocycles. The summed E-state index contributed by atoms with van der Waals surface area (Å²) in [5, 5.41) is 12.6. The number of aromatic nitrogens is 3. The Morgan fingerprint density at radius 1 is 1.56 bits per heavy atom. The van der Waals surface area contributed by atoms with Gasteiger partial charge in [-0.15, -0.1) is 0 Å². The van der Waals surface area contributed by atoms with Crippen LogP contribution in [0.1, 0.15) is 12.8 Å². The average Bonchev–Trinajstić information content (AvgIpc) is 3.16. The Kier molecular flexibility index (Phi) is 5.35. The number of carbonyl (C=O) groups excluding carboxylic acids is 2. The minimum Gasteiger partial charge on any atom is -0.352 e. The number of aromatic amines is 1. The number of likely N-dealkylation sites (N-methyl/N-ethyl adjacent to an activating group) is 1. The first-order valence-electron chi connectivity index (χ1n) is 8.63. The standard InChI is InChI=1S/C18H21N7O2/c1-3-15(26)23-13-6-9-25(16(27)4-7-19)10-14(13)24(2)18-12-5-8-20-17(12)21-11-22-18/h3,5,8,11,13-14H,1,4,6,9-10H2,2H3,(H,23,26)(H,20,21,22). The Labute approximate surface area is 156 Å². The number of piperidine rings is 1. The van der Waals surface area contributed by atoms with Crippen molar-refractivity contribution >= 4 is 28.7 Å². The number of likely N-dealkylation sites (tertiary alicyclic amines) is 1. The molecule has 3 heterocycles. The highest BCUT2D eigenvalue weighted by molar-refractivity contribution is 5.88. The van der Waals surface area contributed by atoms with Crippen molar-refractivity contribution in [2.45, 2.75) is 24.9 Å². The molecule has 2 atom stereocenters. The van der Waals surface area contributed by atoms with Gasteiger partial charge in [-0.25, -0.2) is 9.97 Å². The predicted molar refractivity (Wildman–Crippen MR) is 99.6 cm³/mol. The fraction of sp³-hybridized carbons (Fsp3) is 0.389. The number of hydrogen-bond donors (Lipinski definition) is 2. The third-order valence-corrected chi connectivity index (χ3v) is 4.84. The van der Waals surface area contributed by atoms with Crippen molar-refractivity contribution in [1.82, 2.24) is 25.2 Å². The van der Waals surface area contributed by atoms with Gasteiger partial charge in [-0.3, -0.25) is 9.59 Å². The summed E-state index contributed by atoms with van der Waals surface area (Å²) in [5.41, 5.74) is 0.715. The summed E-state index contributed by atoms with van der Waals surface area (Å²) < 4.78 is 0. The van der Waals surface area contributed by atoms with Crippen LogP contribution in [0, 0.1) is 11.3 Å². The Hall–Kier alpha value is -3.41. The maximum Gasteiger partial charge on any atom is 0.243 e. The van der Waals surface area contributed by atoms with Gasteiger partial charge in [-0.2, -0.15) is 5.26 Å². The lowest BCUT2D eigenvalue weighted by atomic mass is 9.97. The van der Waals surface area contributed by atoms with Crippen LogP contribution in [0.4, 0.5) is 5.82 Å². The smallest absolute Gasteiger partial charge is 0.243 e. The van der Waals surface area contributed by atoms with E-state index in [-0.39, 0.29) is 30.3 Å². The highest BCUT2D eigenvalue weighted by Crippen LogP contribution is 2.26. The summed E-state index contributed by atoms with van der Waals surface area (Å²) in [6, 6.07) is 3.40. The molecule has 9 heteroatoms. The molecule has 0 radical (unpaired) electrons. The van der Waals surface area contributed by atoms with Gasteiger partial charge in [0.05, 0.1) is 23.5 Å². The normalized spacial score (nSPS) is 19.3. The fourth-order valence-electron chi connectivity index (χ4n) is 3.44. The number of nitrogens with zero attached hydrogens (tertiary/aromatic N) is 5. The van der Waals surface area contributed by atoms with E-state index in [2.05, 4.69) is 26.8 Å². The molecule has 0 bridgehead atoms. The van der Waals surface area contributed by atoms with Gasteiger partial charge >= 0.3 is 0 Å². The number of carbonyl (C=O) groups is 2. The Bertz CT molecular complexity index is 900. The monoisotopic (exact) mass is 367 g/mol. The van der Waals surface area contributed by atoms with Gasteiger partial charge in [-0.1, -0.05) is 6.58 Å². The minimum absolute atomic E-state index is 0.157. The largest absolute Gasteiger partial charge is 0.352 e. The van der Waals surface area contributed by atoms with E-state index in [1.54, 1.807) is 11.1 Å². The molecule has 0 aliphatic carbocycles. The van der Waals surface area contributed by atoms with Crippen LogP contribution in [0.25, 0.3) is 11.0 Å². The van der Waals surface area contributed by atoms with Crippen LogP contribution in [0.5, 0.6) is 0 Å². The first-order valence-corrected chi connectivity index (χ1v) is 8.63. The second-order valence-electron chi connectivity index (χ2n) is 6.40. The van der Waals surface area contributed by atoms with Crippen LogP contribution in [-0.4, -0.2) is 63.9 Å². The van der Waals surface area contributed by atoms with Gasteiger partial charge in [0.25, 0.3) is 0 Å². The topological polar surface area (TPSA) is 118 Å². The molecule has 9 nitrogen and oxygen atoms in total. The van der Waals surface area contributed by atoms with Gasteiger partial charge in [0.15, 0.2) is 0 Å². The van der Waals surface area contributed by atoms with E-state index >= 15 is 0 Å². The van der Waals surface area contributed by atoms with Crippen LogP contribution >= 0.6 is 0 Å². The number of amides is 2. The van der Waals surface area contributed by atoms with Crippen LogP contribution in [0.3, 0.4) is 0 Å². The molecule has 1 aliphatic heterocycles. The molecule has 1 saturated heterocycles. The van der Waals surface area contributed by atoms with E-state index in [1.165, 1.54) is 12.4 Å². The van der Waals surface area contributed by atoms with Crippen LogP contribution in [0.2, 0.25) is 0 Å². The Balaban J connectivity index is 1.90. The summed E-state index contributed by atoms with van der Waals surface area (Å²) in [5.74, 6) is 0.238. The van der Waals surface area contributed by atoms with Crippen molar-refractivity contribution in [3.8, 4) is 6.07 Å². The molecule has 1 aliphatic rings. The molecule has 0 saturated carbocycles. The Morgan fingerprint density at radius 3 is 3.11 bits per heavy atom. The molecule has 2 aromatic rings. The van der Waals surface area contributed by atoms with Crippen LogP contribution in [-0.2, 0) is 9.59 Å². The molecule has 3 rings (SSSR count). The molecule has 2 aromatic heterocycles. The second-order valence-corrected chi connectivity index (χ2v) is 6.40. The lowest BCUT2D eigenvalue weighted by molar-refractivity contribution is -0.131. The number of rotatable bonds is 5. The van der Waals surface area contributed by atoms with E-state index < -0.39 is 0 Å². The van der Waals surface area contributed by atoms with Crippen LogP contribution < -0.4 is 10.2 Å². The summed E-state index contributed by atoms with van der Waals surface area (Å²) in [4.78, 5) is 39.4. The molecule has 1 fully saturated rings. The number of nitriles is 1. The molecular formula is C18H21N7O2. The zero-order valence-corrected chi connectivity index (χ0v) is 15.1. The van der Waals surface area contributed by atoms with E-state index in [1.807, 2.05) is 24.1 Å². The number of nitrogens with one attached hydrogen (secondary N) is 2. The lowest BCUT2D eigenvalue weighted by Gasteiger charge is -2.43. The maximum atomic E-state index is 12.2. The van der Waals surface area contributed by atoms with Crippen molar-refractivity contribution in [2.24, 2.45) is 0 Å². The summed E-state index contributed by atoms with van der Waals surface area (Å²) in [6.45, 7) is 4.37. The van der Waals surface area contributed by atoms with E-state index in [9.17, 15) is 9.59 Å². The summed E-state index contributed by atoms with van der Waals surface area (Å²) in [7, 11) is 1.88. The number of hydrogen-bond acceptors (Lipinski definition) is 6. The molecule has 2 unspecified atom stereocenters. The third-order valence-electron chi connectivity index (χ3n) is 4.84. The molecule has 0 spiro atoms. The highest BCUT2D eigenvalue weighted by atomic mass is 16.2. The second kappa shape index (κ2) is 7.86. The van der Waals surface area contributed by atoms with E-state index in [0.717, 1.165) is 5.39 Å². The third kappa shape index (κ3) is 3.74.